The third kappa shape index (κ3) is 3.21. The fraction of sp³-hybridized carbons (Fsp3) is 0.308. The van der Waals surface area contributed by atoms with Crippen LogP contribution in [-0.4, -0.2) is 9.55 Å². The van der Waals surface area contributed by atoms with Crippen LogP contribution in [0.5, 0.6) is 5.75 Å². The van der Waals surface area contributed by atoms with Crippen molar-refractivity contribution in [2.24, 2.45) is 12.8 Å². The Morgan fingerprint density at radius 2 is 2.16 bits per heavy atom. The number of ether oxygens (including phenoxy) is 1. The van der Waals surface area contributed by atoms with E-state index in [-0.39, 0.29) is 6.04 Å². The Morgan fingerprint density at radius 1 is 1.42 bits per heavy atom. The first kappa shape index (κ1) is 14.2. The molecule has 0 unspecified atom stereocenters. The van der Waals surface area contributed by atoms with Gasteiger partial charge in [-0.1, -0.05) is 29.3 Å². The van der Waals surface area contributed by atoms with Gasteiger partial charge >= 0.3 is 0 Å². The number of rotatable bonds is 4. The summed E-state index contributed by atoms with van der Waals surface area (Å²) in [7, 11) is 1.83. The summed E-state index contributed by atoms with van der Waals surface area (Å²) in [6.45, 7) is 2.21. The van der Waals surface area contributed by atoms with E-state index in [1.54, 1.807) is 10.8 Å². The summed E-state index contributed by atoms with van der Waals surface area (Å²) in [5.41, 5.74) is 6.76. The SMILES string of the molecule is C[C@@H](N)c1ccc(OCc2ncc(Cl)n2C)c(Cl)c1. The molecule has 0 spiro atoms. The number of benzene rings is 1. The van der Waals surface area contributed by atoms with Gasteiger partial charge in [0.15, 0.2) is 0 Å². The lowest BCUT2D eigenvalue weighted by atomic mass is 10.1. The molecule has 2 N–H and O–H groups in total. The molecule has 1 aromatic heterocycles. The van der Waals surface area contributed by atoms with E-state index in [1.807, 2.05) is 32.2 Å². The second-order valence-electron chi connectivity index (χ2n) is 4.32. The van der Waals surface area contributed by atoms with E-state index in [1.165, 1.54) is 0 Å². The van der Waals surface area contributed by atoms with Gasteiger partial charge in [0, 0.05) is 13.1 Å². The first-order valence-electron chi connectivity index (χ1n) is 5.83. The predicted molar refractivity (Wildman–Crippen MR) is 76.6 cm³/mol. The van der Waals surface area contributed by atoms with Crippen molar-refractivity contribution in [3.63, 3.8) is 0 Å². The average molecular weight is 300 g/mol. The second kappa shape index (κ2) is 5.82. The topological polar surface area (TPSA) is 53.1 Å². The summed E-state index contributed by atoms with van der Waals surface area (Å²) in [5, 5.41) is 1.10. The molecular formula is C13H15Cl2N3O. The highest BCUT2D eigenvalue weighted by molar-refractivity contribution is 6.32. The van der Waals surface area contributed by atoms with E-state index in [9.17, 15) is 0 Å². The lowest BCUT2D eigenvalue weighted by Crippen LogP contribution is -2.06. The molecule has 0 saturated heterocycles. The maximum Gasteiger partial charge on any atom is 0.147 e. The maximum absolute atomic E-state index is 6.15. The van der Waals surface area contributed by atoms with E-state index in [0.29, 0.717) is 22.5 Å². The first-order valence-corrected chi connectivity index (χ1v) is 6.58. The van der Waals surface area contributed by atoms with Crippen molar-refractivity contribution in [2.45, 2.75) is 19.6 Å². The third-order valence-corrected chi connectivity index (χ3v) is 3.51. The zero-order valence-electron chi connectivity index (χ0n) is 10.7. The van der Waals surface area contributed by atoms with Crippen molar-refractivity contribution in [3.8, 4) is 5.75 Å². The molecule has 1 heterocycles. The van der Waals surface area contributed by atoms with Crippen LogP contribution in [0, 0.1) is 0 Å². The number of hydrogen-bond acceptors (Lipinski definition) is 3. The van der Waals surface area contributed by atoms with Crippen LogP contribution in [0.4, 0.5) is 0 Å². The maximum atomic E-state index is 6.15. The first-order chi connectivity index (χ1) is 8.99. The molecule has 0 aliphatic carbocycles. The van der Waals surface area contributed by atoms with Gasteiger partial charge in [0.25, 0.3) is 0 Å². The van der Waals surface area contributed by atoms with Crippen LogP contribution in [0.3, 0.4) is 0 Å². The Labute approximate surface area is 122 Å². The largest absolute Gasteiger partial charge is 0.484 e. The smallest absolute Gasteiger partial charge is 0.147 e. The summed E-state index contributed by atoms with van der Waals surface area (Å²) in [4.78, 5) is 4.15. The minimum atomic E-state index is -0.0557. The van der Waals surface area contributed by atoms with Gasteiger partial charge in [-0.2, -0.15) is 0 Å². The van der Waals surface area contributed by atoms with Gasteiger partial charge in [0.2, 0.25) is 0 Å². The van der Waals surface area contributed by atoms with E-state index in [4.69, 9.17) is 33.7 Å². The highest BCUT2D eigenvalue weighted by Crippen LogP contribution is 2.28. The Balaban J connectivity index is 2.10. The number of nitrogens with zero attached hydrogens (tertiary/aromatic N) is 2. The number of halogens is 2. The Morgan fingerprint density at radius 3 is 2.68 bits per heavy atom. The molecule has 1 atom stereocenters. The molecule has 102 valence electrons. The van der Waals surface area contributed by atoms with E-state index in [2.05, 4.69) is 4.98 Å². The number of imidazole rings is 1. The Hall–Kier alpha value is -1.23. The van der Waals surface area contributed by atoms with Crippen LogP contribution in [0.25, 0.3) is 0 Å². The molecule has 0 aliphatic rings. The van der Waals surface area contributed by atoms with Crippen LogP contribution in [0.15, 0.2) is 24.4 Å². The predicted octanol–water partition coefficient (Wildman–Crippen LogP) is 3.33. The lowest BCUT2D eigenvalue weighted by Gasteiger charge is -2.11. The zero-order valence-corrected chi connectivity index (χ0v) is 12.2. The molecule has 0 radical (unpaired) electrons. The summed E-state index contributed by atoms with van der Waals surface area (Å²) in [5.74, 6) is 1.34. The quantitative estimate of drug-likeness (QED) is 0.942. The molecule has 0 fully saturated rings. The van der Waals surface area contributed by atoms with Gasteiger partial charge < -0.3 is 15.0 Å². The number of hydrogen-bond donors (Lipinski definition) is 1. The van der Waals surface area contributed by atoms with Crippen LogP contribution in [0.1, 0.15) is 24.4 Å². The fourth-order valence-corrected chi connectivity index (χ4v) is 2.01. The van der Waals surface area contributed by atoms with Gasteiger partial charge in [-0.25, -0.2) is 4.98 Å². The standard InChI is InChI=1S/C13H15Cl2N3O/c1-8(16)9-3-4-11(10(14)5-9)19-7-13-17-6-12(15)18(13)2/h3-6,8H,7,16H2,1-2H3/t8-/m1/s1. The monoisotopic (exact) mass is 299 g/mol. The molecule has 0 bridgehead atoms. The van der Waals surface area contributed by atoms with Gasteiger partial charge in [0.1, 0.15) is 23.3 Å². The summed E-state index contributed by atoms with van der Waals surface area (Å²) >= 11 is 12.1. The van der Waals surface area contributed by atoms with E-state index in [0.717, 1.165) is 11.4 Å². The Bertz CT molecular complexity index is 581. The van der Waals surface area contributed by atoms with E-state index < -0.39 is 0 Å². The fourth-order valence-electron chi connectivity index (χ4n) is 1.62. The molecule has 0 amide bonds. The summed E-state index contributed by atoms with van der Waals surface area (Å²) in [6, 6.07) is 5.47. The highest BCUT2D eigenvalue weighted by Gasteiger charge is 2.09. The molecule has 6 heteroatoms. The normalized spacial score (nSPS) is 12.5. The van der Waals surface area contributed by atoms with E-state index >= 15 is 0 Å². The third-order valence-electron chi connectivity index (χ3n) is 2.87. The molecule has 0 saturated carbocycles. The molecular weight excluding hydrogens is 285 g/mol. The average Bonchev–Trinajstić information content (AvgIpc) is 2.68. The van der Waals surface area contributed by atoms with Crippen molar-refractivity contribution in [1.29, 1.82) is 0 Å². The van der Waals surface area contributed by atoms with Crippen LogP contribution in [-0.2, 0) is 13.7 Å². The molecule has 1 aromatic carbocycles. The van der Waals surface area contributed by atoms with Crippen LogP contribution >= 0.6 is 23.2 Å². The van der Waals surface area contributed by atoms with Gasteiger partial charge in [-0.3, -0.25) is 0 Å². The Kier molecular flexibility index (Phi) is 4.34. The van der Waals surface area contributed by atoms with Crippen LogP contribution in [0.2, 0.25) is 10.2 Å². The zero-order chi connectivity index (χ0) is 14.0. The highest BCUT2D eigenvalue weighted by atomic mass is 35.5. The molecule has 4 nitrogen and oxygen atoms in total. The molecule has 19 heavy (non-hydrogen) atoms. The van der Waals surface area contributed by atoms with Crippen molar-refractivity contribution < 1.29 is 4.74 Å². The van der Waals surface area contributed by atoms with Crippen LogP contribution < -0.4 is 10.5 Å². The van der Waals surface area contributed by atoms with Crippen molar-refractivity contribution in [1.82, 2.24) is 9.55 Å². The van der Waals surface area contributed by atoms with Gasteiger partial charge in [0.05, 0.1) is 11.2 Å². The van der Waals surface area contributed by atoms with Crippen molar-refractivity contribution in [2.75, 3.05) is 0 Å². The summed E-state index contributed by atoms with van der Waals surface area (Å²) in [6.07, 6.45) is 1.58. The lowest BCUT2D eigenvalue weighted by molar-refractivity contribution is 0.292. The summed E-state index contributed by atoms with van der Waals surface area (Å²) < 4.78 is 7.39. The minimum absolute atomic E-state index is 0.0557. The second-order valence-corrected chi connectivity index (χ2v) is 5.12. The van der Waals surface area contributed by atoms with Crippen molar-refractivity contribution in [3.05, 3.63) is 46.0 Å². The number of nitrogens with two attached hydrogens (primary N) is 1. The minimum Gasteiger partial charge on any atom is -0.484 e. The van der Waals surface area contributed by atoms with Crippen molar-refractivity contribution >= 4 is 23.2 Å². The molecule has 2 rings (SSSR count). The molecule has 2 aromatic rings. The van der Waals surface area contributed by atoms with Gasteiger partial charge in [-0.15, -0.1) is 0 Å². The molecule has 0 aliphatic heterocycles. The van der Waals surface area contributed by atoms with Gasteiger partial charge in [-0.05, 0) is 24.6 Å². The number of aromatic nitrogens is 2.